The molecule has 1 atom stereocenters. The van der Waals surface area contributed by atoms with Crippen LogP contribution in [0.15, 0.2) is 180 Å². The van der Waals surface area contributed by atoms with Crippen LogP contribution in [0.3, 0.4) is 0 Å². The summed E-state index contributed by atoms with van der Waals surface area (Å²) in [6, 6.07) is 60.1. The molecule has 51 heavy (non-hydrogen) atoms. The number of fused-ring (bicyclic) bond motifs is 9. The fraction of sp³-hybridized carbons (Fsp3) is 0.0222. The molecule has 0 amide bonds. The van der Waals surface area contributed by atoms with E-state index in [4.69, 9.17) is 9.98 Å². The summed E-state index contributed by atoms with van der Waals surface area (Å²) in [5, 5.41) is 11.0. The van der Waals surface area contributed by atoms with E-state index in [2.05, 4.69) is 189 Å². The molecule has 6 nitrogen and oxygen atoms in total. The molecule has 4 heterocycles. The highest BCUT2D eigenvalue weighted by atomic mass is 15.4. The molecule has 0 bridgehead atoms. The molecule has 1 unspecified atom stereocenters. The van der Waals surface area contributed by atoms with Crippen molar-refractivity contribution in [2.45, 2.75) is 6.29 Å². The normalized spacial score (nSPS) is 14.9. The van der Waals surface area contributed by atoms with Gasteiger partial charge in [0.2, 0.25) is 12.2 Å². The molecule has 0 saturated carbocycles. The minimum Gasteiger partial charge on any atom is -0.316 e. The summed E-state index contributed by atoms with van der Waals surface area (Å²) in [6.45, 7) is 0. The molecule has 0 fully saturated rings. The van der Waals surface area contributed by atoms with E-state index in [1.54, 1.807) is 0 Å². The number of nitrogens with one attached hydrogen (secondary N) is 1. The predicted octanol–water partition coefficient (Wildman–Crippen LogP) is 10.4. The van der Waals surface area contributed by atoms with Crippen LogP contribution in [0.4, 0.5) is 0 Å². The number of rotatable bonds is 3. The Morgan fingerprint density at radius 2 is 0.765 bits per heavy atom. The molecular formula is C45H30N6. The topological polar surface area (TPSA) is 51.5 Å². The Morgan fingerprint density at radius 3 is 1.25 bits per heavy atom. The van der Waals surface area contributed by atoms with E-state index in [-0.39, 0.29) is 0 Å². The Labute approximate surface area is 292 Å². The van der Waals surface area contributed by atoms with Gasteiger partial charge in [-0.15, -0.1) is 0 Å². The molecule has 0 saturated heterocycles. The fourth-order valence-electron chi connectivity index (χ4n) is 8.20. The van der Waals surface area contributed by atoms with Crippen molar-refractivity contribution in [1.29, 1.82) is 0 Å². The van der Waals surface area contributed by atoms with Gasteiger partial charge in [0, 0.05) is 37.9 Å². The zero-order chi connectivity index (χ0) is 33.5. The van der Waals surface area contributed by atoms with Crippen LogP contribution < -0.4 is 5.32 Å². The van der Waals surface area contributed by atoms with Crippen LogP contribution in [-0.2, 0) is 0 Å². The molecule has 0 spiro atoms. The van der Waals surface area contributed by atoms with Crippen LogP contribution in [0, 0.1) is 0 Å². The largest absolute Gasteiger partial charge is 0.316 e. The smallest absolute Gasteiger partial charge is 0.213 e. The summed E-state index contributed by atoms with van der Waals surface area (Å²) in [4.78, 5) is 10.9. The molecule has 1 N–H and O–H groups in total. The zero-order valence-corrected chi connectivity index (χ0v) is 27.5. The third kappa shape index (κ3) is 4.04. The third-order valence-electron chi connectivity index (χ3n) is 10.3. The maximum atomic E-state index is 5.50. The van der Waals surface area contributed by atoms with E-state index in [0.29, 0.717) is 5.84 Å². The molecule has 7 aromatic carbocycles. The lowest BCUT2D eigenvalue weighted by Gasteiger charge is -2.27. The van der Waals surface area contributed by atoms with E-state index >= 15 is 0 Å². The van der Waals surface area contributed by atoms with Gasteiger partial charge in [-0.25, -0.2) is 4.99 Å². The van der Waals surface area contributed by atoms with Crippen molar-refractivity contribution in [3.05, 3.63) is 175 Å². The molecule has 6 heteroatoms. The highest BCUT2D eigenvalue weighted by Crippen LogP contribution is 2.36. The van der Waals surface area contributed by atoms with Crippen LogP contribution in [0.25, 0.3) is 71.1 Å². The Morgan fingerprint density at radius 1 is 0.392 bits per heavy atom. The van der Waals surface area contributed by atoms with Crippen molar-refractivity contribution in [2.24, 2.45) is 9.98 Å². The number of hydrogen-bond donors (Lipinski definition) is 1. The van der Waals surface area contributed by atoms with Gasteiger partial charge in [-0.2, -0.15) is 4.99 Å². The first-order chi connectivity index (χ1) is 25.3. The van der Waals surface area contributed by atoms with Crippen molar-refractivity contribution in [2.75, 3.05) is 0 Å². The van der Waals surface area contributed by atoms with Gasteiger partial charge < -0.3 is 14.5 Å². The van der Waals surface area contributed by atoms with Crippen LogP contribution >= 0.6 is 0 Å². The summed E-state index contributed by atoms with van der Waals surface area (Å²) < 4.78 is 6.93. The van der Waals surface area contributed by atoms with Gasteiger partial charge in [0.15, 0.2) is 5.84 Å². The van der Waals surface area contributed by atoms with Gasteiger partial charge in [-0.1, -0.05) is 121 Å². The molecule has 1 aliphatic rings. The maximum absolute atomic E-state index is 5.50. The molecule has 10 aromatic rings. The summed E-state index contributed by atoms with van der Waals surface area (Å²) in [7, 11) is 0. The van der Waals surface area contributed by atoms with Crippen molar-refractivity contribution in [3.8, 4) is 5.69 Å². The quantitative estimate of drug-likeness (QED) is 0.203. The van der Waals surface area contributed by atoms with Gasteiger partial charge in [0.25, 0.3) is 0 Å². The van der Waals surface area contributed by atoms with E-state index in [0.717, 1.165) is 50.3 Å². The van der Waals surface area contributed by atoms with Gasteiger partial charge in [0.05, 0.1) is 38.8 Å². The average Bonchev–Trinajstić information content (AvgIpc) is 3.84. The Kier molecular flexibility index (Phi) is 5.92. The molecule has 1 aliphatic heterocycles. The maximum Gasteiger partial charge on any atom is 0.213 e. The summed E-state index contributed by atoms with van der Waals surface area (Å²) in [5.41, 5.74) is 8.66. The third-order valence-corrected chi connectivity index (χ3v) is 10.3. The average molecular weight is 655 g/mol. The minimum absolute atomic E-state index is 0.483. The Bertz CT molecular complexity index is 2920. The predicted molar refractivity (Wildman–Crippen MR) is 211 cm³/mol. The van der Waals surface area contributed by atoms with Crippen molar-refractivity contribution < 1.29 is 0 Å². The minimum atomic E-state index is -0.483. The van der Waals surface area contributed by atoms with Gasteiger partial charge >= 0.3 is 0 Å². The number of hydrogen-bond acceptors (Lipinski definition) is 3. The molecular weight excluding hydrogens is 625 g/mol. The van der Waals surface area contributed by atoms with Crippen LogP contribution in [0.1, 0.15) is 11.9 Å². The fourth-order valence-corrected chi connectivity index (χ4v) is 8.20. The number of benzene rings is 7. The van der Waals surface area contributed by atoms with E-state index in [1.165, 1.54) is 32.3 Å². The standard InChI is InChI=1S/C45H30N6/c1-8-22-36-29(15-1)30-16-2-9-23-37(30)49(36)42-28-14-7-21-35(42)43-46-44(50-38-24-10-3-17-31(38)32-18-4-11-25-39(32)50)48-45(47-43)51-40-26-12-5-19-33(40)34-20-6-13-27-41(34)51/h1-28,44H,(H,46,47,48). The highest BCUT2D eigenvalue weighted by molar-refractivity contribution is 6.18. The SMILES string of the molecule is c1ccc(-n2c3ccccc3c3ccccc32)c(C2=NC(n3c4ccccc4c4ccccc43)NC(n3c4ccccc4c4ccccc43)=N2)c1. The van der Waals surface area contributed by atoms with Crippen molar-refractivity contribution in [1.82, 2.24) is 19.0 Å². The number of para-hydroxylation sites is 7. The second kappa shape index (κ2) is 10.8. The molecule has 3 aromatic heterocycles. The Hall–Kier alpha value is -6.92. The second-order valence-electron chi connectivity index (χ2n) is 13.1. The summed E-state index contributed by atoms with van der Waals surface area (Å²) >= 11 is 0. The first kappa shape index (κ1) is 28.0. The molecule has 0 radical (unpaired) electrons. The Balaban J connectivity index is 1.22. The molecule has 240 valence electrons. The summed E-state index contributed by atoms with van der Waals surface area (Å²) in [6.07, 6.45) is -0.483. The van der Waals surface area contributed by atoms with Crippen molar-refractivity contribution in [3.63, 3.8) is 0 Å². The van der Waals surface area contributed by atoms with E-state index in [1.807, 2.05) is 0 Å². The highest BCUT2D eigenvalue weighted by Gasteiger charge is 2.28. The monoisotopic (exact) mass is 654 g/mol. The lowest BCUT2D eigenvalue weighted by atomic mass is 10.1. The van der Waals surface area contributed by atoms with Crippen LogP contribution in [-0.4, -0.2) is 25.5 Å². The van der Waals surface area contributed by atoms with E-state index < -0.39 is 6.29 Å². The number of amidine groups is 1. The first-order valence-electron chi connectivity index (χ1n) is 17.3. The number of nitrogens with zero attached hydrogens (tertiary/aromatic N) is 5. The van der Waals surface area contributed by atoms with Gasteiger partial charge in [-0.3, -0.25) is 4.57 Å². The van der Waals surface area contributed by atoms with Gasteiger partial charge in [0.1, 0.15) is 0 Å². The van der Waals surface area contributed by atoms with Gasteiger partial charge in [-0.05, 0) is 48.5 Å². The number of aliphatic imine (C=N–C) groups is 2. The van der Waals surface area contributed by atoms with Crippen molar-refractivity contribution >= 4 is 77.2 Å². The van der Waals surface area contributed by atoms with Crippen LogP contribution in [0.5, 0.6) is 0 Å². The van der Waals surface area contributed by atoms with E-state index in [9.17, 15) is 0 Å². The molecule has 11 rings (SSSR count). The number of aromatic nitrogens is 3. The lowest BCUT2D eigenvalue weighted by molar-refractivity contribution is 0.509. The first-order valence-corrected chi connectivity index (χ1v) is 17.3. The lowest BCUT2D eigenvalue weighted by Crippen LogP contribution is -2.40. The second-order valence-corrected chi connectivity index (χ2v) is 13.1. The zero-order valence-electron chi connectivity index (χ0n) is 27.5. The summed E-state index contributed by atoms with van der Waals surface area (Å²) in [5.74, 6) is 1.39. The van der Waals surface area contributed by atoms with Crippen LogP contribution in [0.2, 0.25) is 0 Å². The molecule has 0 aliphatic carbocycles.